The van der Waals surface area contributed by atoms with E-state index in [1.807, 2.05) is 0 Å². The third-order valence-corrected chi connectivity index (χ3v) is 2.68. The van der Waals surface area contributed by atoms with E-state index in [4.69, 9.17) is 0 Å². The molecule has 0 aliphatic rings. The van der Waals surface area contributed by atoms with Crippen molar-refractivity contribution in [3.8, 4) is 0 Å². The third-order valence-electron chi connectivity index (χ3n) is 1.88. The zero-order valence-electron chi connectivity index (χ0n) is 8.80. The van der Waals surface area contributed by atoms with Gasteiger partial charge in [0.15, 0.2) is 0 Å². The summed E-state index contributed by atoms with van der Waals surface area (Å²) in [4.78, 5) is 27.3. The Kier molecular flexibility index (Phi) is 4.65. The molecule has 6 heteroatoms. The molecule has 0 saturated heterocycles. The van der Waals surface area contributed by atoms with Gasteiger partial charge in [-0.3, -0.25) is 9.78 Å². The van der Waals surface area contributed by atoms with Crippen molar-refractivity contribution >= 4 is 23.2 Å². The standard InChI is InChI=1S/C10H12N2O3S/c1-3-9(13)12-8(10(14)15-2)4-7-5-11-6-16-7/h3,5-6,8H,1,4H2,2H3,(H,12,13). The Labute approximate surface area is 97.1 Å². The van der Waals surface area contributed by atoms with Crippen molar-refractivity contribution in [1.29, 1.82) is 0 Å². The largest absolute Gasteiger partial charge is 0.467 e. The molecule has 0 spiro atoms. The molecule has 1 aromatic rings. The number of thiazole rings is 1. The van der Waals surface area contributed by atoms with E-state index >= 15 is 0 Å². The van der Waals surface area contributed by atoms with E-state index < -0.39 is 17.9 Å². The summed E-state index contributed by atoms with van der Waals surface area (Å²) in [6.07, 6.45) is 3.14. The number of methoxy groups -OCH3 is 1. The predicted octanol–water partition coefficient (Wildman–Crippen LogP) is 0.529. The van der Waals surface area contributed by atoms with Gasteiger partial charge in [-0.25, -0.2) is 4.79 Å². The number of carbonyl (C=O) groups is 2. The Bertz CT molecular complexity index is 375. The van der Waals surface area contributed by atoms with Gasteiger partial charge in [0.25, 0.3) is 0 Å². The molecule has 0 fully saturated rings. The van der Waals surface area contributed by atoms with E-state index in [0.29, 0.717) is 6.42 Å². The van der Waals surface area contributed by atoms with E-state index in [-0.39, 0.29) is 0 Å². The number of nitrogens with one attached hydrogen (secondary N) is 1. The fraction of sp³-hybridized carbons (Fsp3) is 0.300. The molecular weight excluding hydrogens is 228 g/mol. The lowest BCUT2D eigenvalue weighted by Gasteiger charge is -2.14. The van der Waals surface area contributed by atoms with E-state index in [2.05, 4.69) is 21.6 Å². The van der Waals surface area contributed by atoms with Gasteiger partial charge in [0.1, 0.15) is 6.04 Å². The first-order valence-electron chi connectivity index (χ1n) is 4.55. The Morgan fingerprint density at radius 2 is 2.50 bits per heavy atom. The van der Waals surface area contributed by atoms with E-state index in [1.54, 1.807) is 11.7 Å². The summed E-state index contributed by atoms with van der Waals surface area (Å²) < 4.78 is 4.60. The number of nitrogens with zero attached hydrogens (tertiary/aromatic N) is 1. The Morgan fingerprint density at radius 3 is 3.00 bits per heavy atom. The number of carbonyl (C=O) groups excluding carboxylic acids is 2. The van der Waals surface area contributed by atoms with Crippen molar-refractivity contribution in [2.45, 2.75) is 12.5 Å². The summed E-state index contributed by atoms with van der Waals surface area (Å²) in [6, 6.07) is -0.698. The van der Waals surface area contributed by atoms with Gasteiger partial charge >= 0.3 is 5.97 Å². The quantitative estimate of drug-likeness (QED) is 0.602. The van der Waals surface area contributed by atoms with Crippen molar-refractivity contribution in [2.75, 3.05) is 7.11 Å². The van der Waals surface area contributed by atoms with Crippen LogP contribution in [0.2, 0.25) is 0 Å². The fourth-order valence-corrected chi connectivity index (χ4v) is 1.75. The molecular formula is C10H12N2O3S. The van der Waals surface area contributed by atoms with Crippen LogP contribution in [-0.2, 0) is 20.7 Å². The maximum absolute atomic E-state index is 11.4. The molecule has 0 aliphatic carbocycles. The van der Waals surface area contributed by atoms with Crippen molar-refractivity contribution in [1.82, 2.24) is 10.3 Å². The Hall–Kier alpha value is -1.69. The molecule has 1 unspecified atom stereocenters. The molecule has 1 amide bonds. The number of amides is 1. The number of esters is 1. The third kappa shape index (κ3) is 3.47. The first kappa shape index (κ1) is 12.4. The lowest BCUT2D eigenvalue weighted by Crippen LogP contribution is -2.42. The minimum Gasteiger partial charge on any atom is -0.467 e. The number of rotatable bonds is 5. The van der Waals surface area contributed by atoms with Crippen molar-refractivity contribution in [3.63, 3.8) is 0 Å². The highest BCUT2D eigenvalue weighted by Crippen LogP contribution is 2.09. The molecule has 1 N–H and O–H groups in total. The molecule has 1 rings (SSSR count). The highest BCUT2D eigenvalue weighted by Gasteiger charge is 2.21. The van der Waals surface area contributed by atoms with E-state index in [0.717, 1.165) is 11.0 Å². The molecule has 86 valence electrons. The molecule has 0 aliphatic heterocycles. The van der Waals surface area contributed by atoms with Crippen molar-refractivity contribution in [2.24, 2.45) is 0 Å². The van der Waals surface area contributed by atoms with Crippen LogP contribution in [0.3, 0.4) is 0 Å². The number of hydrogen-bond donors (Lipinski definition) is 1. The van der Waals surface area contributed by atoms with Crippen molar-refractivity contribution < 1.29 is 14.3 Å². The summed E-state index contributed by atoms with van der Waals surface area (Å²) in [5.41, 5.74) is 1.67. The number of aromatic nitrogens is 1. The maximum Gasteiger partial charge on any atom is 0.328 e. The Morgan fingerprint density at radius 1 is 1.75 bits per heavy atom. The molecule has 16 heavy (non-hydrogen) atoms. The predicted molar refractivity (Wildman–Crippen MR) is 60.0 cm³/mol. The molecule has 1 aromatic heterocycles. The lowest BCUT2D eigenvalue weighted by atomic mass is 10.2. The number of ether oxygens (including phenoxy) is 1. The van der Waals surface area contributed by atoms with Gasteiger partial charge < -0.3 is 10.1 Å². The molecule has 0 aromatic carbocycles. The molecule has 0 radical (unpaired) electrons. The monoisotopic (exact) mass is 240 g/mol. The zero-order valence-corrected chi connectivity index (χ0v) is 9.62. The summed E-state index contributed by atoms with van der Waals surface area (Å²) in [5, 5.41) is 2.50. The van der Waals surface area contributed by atoms with Gasteiger partial charge in [0, 0.05) is 17.5 Å². The number of hydrogen-bond acceptors (Lipinski definition) is 5. The molecule has 0 saturated carbocycles. The first-order valence-corrected chi connectivity index (χ1v) is 5.43. The molecule has 1 atom stereocenters. The lowest BCUT2D eigenvalue weighted by molar-refractivity contribution is -0.144. The maximum atomic E-state index is 11.4. The average molecular weight is 240 g/mol. The van der Waals surface area contributed by atoms with E-state index in [9.17, 15) is 9.59 Å². The minimum absolute atomic E-state index is 0.372. The van der Waals surface area contributed by atoms with Crippen LogP contribution >= 0.6 is 11.3 Å². The second-order valence-corrected chi connectivity index (χ2v) is 3.93. The Balaban J connectivity index is 2.67. The van der Waals surface area contributed by atoms with Crippen LogP contribution in [0.25, 0.3) is 0 Å². The second-order valence-electron chi connectivity index (χ2n) is 2.96. The smallest absolute Gasteiger partial charge is 0.328 e. The van der Waals surface area contributed by atoms with Gasteiger partial charge in [-0.05, 0) is 6.08 Å². The van der Waals surface area contributed by atoms with Crippen LogP contribution in [0.15, 0.2) is 24.4 Å². The van der Waals surface area contributed by atoms with Crippen molar-refractivity contribution in [3.05, 3.63) is 29.2 Å². The zero-order chi connectivity index (χ0) is 12.0. The van der Waals surface area contributed by atoms with Crippen LogP contribution in [0.1, 0.15) is 4.88 Å². The average Bonchev–Trinajstić information content (AvgIpc) is 2.79. The van der Waals surface area contributed by atoms with Gasteiger partial charge in [-0.2, -0.15) is 0 Å². The van der Waals surface area contributed by atoms with Gasteiger partial charge in [-0.1, -0.05) is 6.58 Å². The highest BCUT2D eigenvalue weighted by molar-refractivity contribution is 7.09. The summed E-state index contributed by atoms with van der Waals surface area (Å²) >= 11 is 1.42. The summed E-state index contributed by atoms with van der Waals surface area (Å²) in [5.74, 6) is -0.886. The van der Waals surface area contributed by atoms with Crippen LogP contribution in [0.4, 0.5) is 0 Å². The van der Waals surface area contributed by atoms with Crippen LogP contribution in [0.5, 0.6) is 0 Å². The van der Waals surface area contributed by atoms with Crippen LogP contribution in [0, 0.1) is 0 Å². The molecule has 1 heterocycles. The van der Waals surface area contributed by atoms with Crippen LogP contribution < -0.4 is 5.32 Å². The SMILES string of the molecule is C=CC(=O)NC(Cc1cncs1)C(=O)OC. The summed E-state index contributed by atoms with van der Waals surface area (Å²) in [7, 11) is 1.28. The molecule has 0 bridgehead atoms. The topological polar surface area (TPSA) is 68.3 Å². The molecule has 5 nitrogen and oxygen atoms in total. The first-order chi connectivity index (χ1) is 7.67. The fourth-order valence-electron chi connectivity index (χ4n) is 1.11. The van der Waals surface area contributed by atoms with Gasteiger partial charge in [0.2, 0.25) is 5.91 Å². The van der Waals surface area contributed by atoms with Gasteiger partial charge in [0.05, 0.1) is 12.6 Å². The van der Waals surface area contributed by atoms with E-state index in [1.165, 1.54) is 18.4 Å². The second kappa shape index (κ2) is 6.02. The normalized spacial score (nSPS) is 11.6. The van der Waals surface area contributed by atoms with Gasteiger partial charge in [-0.15, -0.1) is 11.3 Å². The minimum atomic E-state index is -0.698. The highest BCUT2D eigenvalue weighted by atomic mass is 32.1. The van der Waals surface area contributed by atoms with Crippen LogP contribution in [-0.4, -0.2) is 30.0 Å². The summed E-state index contributed by atoms with van der Waals surface area (Å²) in [6.45, 7) is 3.32.